The van der Waals surface area contributed by atoms with Crippen LogP contribution in [0.25, 0.3) is 0 Å². The van der Waals surface area contributed by atoms with E-state index in [0.717, 1.165) is 17.9 Å². The van der Waals surface area contributed by atoms with Crippen LogP contribution in [0.15, 0.2) is 18.3 Å². The Kier molecular flexibility index (Phi) is 4.22. The minimum atomic E-state index is 0. The van der Waals surface area contributed by atoms with E-state index in [1.807, 2.05) is 12.1 Å². The van der Waals surface area contributed by atoms with E-state index in [4.69, 9.17) is 4.74 Å². The summed E-state index contributed by atoms with van der Waals surface area (Å²) in [5, 5.41) is 0. The van der Waals surface area contributed by atoms with Crippen molar-refractivity contribution in [1.29, 1.82) is 0 Å². The van der Waals surface area contributed by atoms with Gasteiger partial charge in [-0.05, 0) is 18.6 Å². The van der Waals surface area contributed by atoms with Crippen LogP contribution >= 0.6 is 0 Å². The predicted octanol–water partition coefficient (Wildman–Crippen LogP) is 0.828. The summed E-state index contributed by atoms with van der Waals surface area (Å²) < 4.78 is 4.95. The normalized spacial score (nSPS) is 8.55. The maximum Gasteiger partial charge on any atom is 0.137 e. The fourth-order valence-corrected chi connectivity index (χ4v) is 0.741. The molecule has 11 heavy (non-hydrogen) atoms. The number of hydrogen-bond donors (Lipinski definition) is 0. The molecular weight excluding hydrogens is 142 g/mol. The summed E-state index contributed by atoms with van der Waals surface area (Å²) in [6.45, 7) is 2.08. The second kappa shape index (κ2) is 4.68. The molecule has 0 aliphatic heterocycles. The van der Waals surface area contributed by atoms with Crippen LogP contribution in [0.3, 0.4) is 0 Å². The van der Waals surface area contributed by atoms with Crippen LogP contribution in [0, 0.1) is 0 Å². The van der Waals surface area contributed by atoms with Gasteiger partial charge < -0.3 is 10.2 Å². The van der Waals surface area contributed by atoms with Crippen molar-refractivity contribution >= 4 is 0 Å². The molecule has 0 aliphatic carbocycles. The molecule has 0 atom stereocenters. The maximum atomic E-state index is 4.95. The van der Waals surface area contributed by atoms with Gasteiger partial charge in [-0.1, -0.05) is 6.92 Å². The number of ether oxygens (including phenoxy) is 1. The molecule has 0 unspecified atom stereocenters. The van der Waals surface area contributed by atoms with Crippen molar-refractivity contribution in [2.75, 3.05) is 7.11 Å². The summed E-state index contributed by atoms with van der Waals surface area (Å²) in [6, 6.07) is 3.89. The topological polar surface area (TPSA) is 53.6 Å². The van der Waals surface area contributed by atoms with Crippen LogP contribution in [0.4, 0.5) is 0 Å². The quantitative estimate of drug-likeness (QED) is 0.635. The summed E-state index contributed by atoms with van der Waals surface area (Å²) in [5.41, 5.74) is 1.10. The van der Waals surface area contributed by atoms with Gasteiger partial charge in [0.1, 0.15) is 5.75 Å². The standard InChI is InChI=1S/C8H11NO.H2O/c1-3-7-4-5-8(10-2)6-9-7;/h4-6H,3H2,1-2H3;1H2. The molecule has 0 saturated carbocycles. The highest BCUT2D eigenvalue weighted by molar-refractivity contribution is 5.19. The molecule has 0 aromatic carbocycles. The van der Waals surface area contributed by atoms with Gasteiger partial charge in [0.2, 0.25) is 0 Å². The SMILES string of the molecule is CCc1ccc(OC)cn1.O. The fraction of sp³-hybridized carbons (Fsp3) is 0.375. The molecule has 1 rings (SSSR count). The van der Waals surface area contributed by atoms with E-state index < -0.39 is 0 Å². The fourth-order valence-electron chi connectivity index (χ4n) is 0.741. The zero-order chi connectivity index (χ0) is 7.40. The average molecular weight is 155 g/mol. The van der Waals surface area contributed by atoms with Crippen LogP contribution in [-0.4, -0.2) is 17.6 Å². The van der Waals surface area contributed by atoms with Crippen molar-refractivity contribution in [3.05, 3.63) is 24.0 Å². The Morgan fingerprint density at radius 1 is 1.45 bits per heavy atom. The average Bonchev–Trinajstić information content (AvgIpc) is 2.05. The van der Waals surface area contributed by atoms with Crippen molar-refractivity contribution in [2.45, 2.75) is 13.3 Å². The first-order valence-electron chi connectivity index (χ1n) is 3.35. The summed E-state index contributed by atoms with van der Waals surface area (Å²) in [7, 11) is 1.64. The minimum Gasteiger partial charge on any atom is -0.495 e. The third-order valence-corrected chi connectivity index (χ3v) is 1.40. The number of aryl methyl sites for hydroxylation is 1. The van der Waals surface area contributed by atoms with Gasteiger partial charge in [0.05, 0.1) is 13.3 Å². The zero-order valence-corrected chi connectivity index (χ0v) is 6.79. The highest BCUT2D eigenvalue weighted by atomic mass is 16.5. The molecule has 1 aromatic heterocycles. The Bertz CT molecular complexity index is 173. The summed E-state index contributed by atoms with van der Waals surface area (Å²) >= 11 is 0. The zero-order valence-electron chi connectivity index (χ0n) is 6.79. The predicted molar refractivity (Wildman–Crippen MR) is 43.8 cm³/mol. The Morgan fingerprint density at radius 2 is 2.18 bits per heavy atom. The molecule has 2 N–H and O–H groups in total. The Labute approximate surface area is 66.3 Å². The van der Waals surface area contributed by atoms with Gasteiger partial charge in [0.15, 0.2) is 0 Å². The number of nitrogens with zero attached hydrogens (tertiary/aromatic N) is 1. The highest BCUT2D eigenvalue weighted by Gasteiger charge is 1.90. The van der Waals surface area contributed by atoms with E-state index in [2.05, 4.69) is 11.9 Å². The number of aromatic nitrogens is 1. The van der Waals surface area contributed by atoms with Crippen LogP contribution in [0.5, 0.6) is 5.75 Å². The van der Waals surface area contributed by atoms with Gasteiger partial charge in [-0.2, -0.15) is 0 Å². The van der Waals surface area contributed by atoms with E-state index in [0.29, 0.717) is 0 Å². The number of rotatable bonds is 2. The molecule has 0 spiro atoms. The van der Waals surface area contributed by atoms with Crippen molar-refractivity contribution in [3.8, 4) is 5.75 Å². The van der Waals surface area contributed by atoms with Crippen molar-refractivity contribution in [1.82, 2.24) is 4.98 Å². The molecule has 0 radical (unpaired) electrons. The third-order valence-electron chi connectivity index (χ3n) is 1.40. The second-order valence-corrected chi connectivity index (χ2v) is 2.04. The van der Waals surface area contributed by atoms with Gasteiger partial charge in [-0.25, -0.2) is 0 Å². The lowest BCUT2D eigenvalue weighted by Crippen LogP contribution is -1.87. The van der Waals surface area contributed by atoms with Gasteiger partial charge in [0.25, 0.3) is 0 Å². The lowest BCUT2D eigenvalue weighted by molar-refractivity contribution is 0.412. The third kappa shape index (κ3) is 2.55. The van der Waals surface area contributed by atoms with E-state index in [1.54, 1.807) is 13.3 Å². The van der Waals surface area contributed by atoms with Crippen molar-refractivity contribution in [3.63, 3.8) is 0 Å². The lowest BCUT2D eigenvalue weighted by Gasteiger charge is -1.98. The summed E-state index contributed by atoms with van der Waals surface area (Å²) in [5.74, 6) is 0.817. The molecule has 0 amide bonds. The first-order chi connectivity index (χ1) is 4.86. The Hall–Kier alpha value is -1.09. The first-order valence-corrected chi connectivity index (χ1v) is 3.35. The molecule has 1 heterocycles. The van der Waals surface area contributed by atoms with Gasteiger partial charge in [0, 0.05) is 5.69 Å². The summed E-state index contributed by atoms with van der Waals surface area (Å²) in [6.07, 6.45) is 2.71. The molecule has 1 aromatic rings. The smallest absolute Gasteiger partial charge is 0.137 e. The maximum absolute atomic E-state index is 4.95. The lowest BCUT2D eigenvalue weighted by atomic mass is 10.3. The van der Waals surface area contributed by atoms with Crippen molar-refractivity contribution < 1.29 is 10.2 Å². The van der Waals surface area contributed by atoms with E-state index in [1.165, 1.54) is 0 Å². The molecule has 0 bridgehead atoms. The van der Waals surface area contributed by atoms with Crippen LogP contribution in [0.1, 0.15) is 12.6 Å². The Morgan fingerprint density at radius 3 is 2.55 bits per heavy atom. The molecule has 0 fully saturated rings. The van der Waals surface area contributed by atoms with Crippen LogP contribution in [-0.2, 0) is 6.42 Å². The van der Waals surface area contributed by atoms with E-state index in [-0.39, 0.29) is 5.48 Å². The van der Waals surface area contributed by atoms with Gasteiger partial charge in [-0.3, -0.25) is 4.98 Å². The first kappa shape index (κ1) is 9.91. The molecular formula is C8H13NO2. The monoisotopic (exact) mass is 155 g/mol. The van der Waals surface area contributed by atoms with Crippen LogP contribution in [0.2, 0.25) is 0 Å². The number of pyridine rings is 1. The number of hydrogen-bond acceptors (Lipinski definition) is 2. The molecule has 0 aliphatic rings. The van der Waals surface area contributed by atoms with E-state index in [9.17, 15) is 0 Å². The van der Waals surface area contributed by atoms with E-state index >= 15 is 0 Å². The second-order valence-electron chi connectivity index (χ2n) is 2.04. The molecule has 3 heteroatoms. The molecule has 62 valence electrons. The van der Waals surface area contributed by atoms with Crippen LogP contribution < -0.4 is 4.74 Å². The summed E-state index contributed by atoms with van der Waals surface area (Å²) in [4.78, 5) is 4.14. The largest absolute Gasteiger partial charge is 0.495 e. The molecule has 0 saturated heterocycles. The minimum absolute atomic E-state index is 0. The van der Waals surface area contributed by atoms with Crippen molar-refractivity contribution in [2.24, 2.45) is 0 Å². The van der Waals surface area contributed by atoms with Gasteiger partial charge >= 0.3 is 0 Å². The number of methoxy groups -OCH3 is 1. The van der Waals surface area contributed by atoms with Gasteiger partial charge in [-0.15, -0.1) is 0 Å². The highest BCUT2D eigenvalue weighted by Crippen LogP contribution is 2.07. The molecule has 3 nitrogen and oxygen atoms in total. The Balaban J connectivity index is 0.000001000.